The molecular formula is C30H33ClN4O3. The molecule has 8 heteroatoms. The number of anilines is 1. The van der Waals surface area contributed by atoms with E-state index in [9.17, 15) is 9.59 Å². The molecular weight excluding hydrogens is 500 g/mol. The number of carbonyl (C=O) groups excluding carboxylic acids is 1. The number of hydrogen-bond acceptors (Lipinski definition) is 5. The van der Waals surface area contributed by atoms with Gasteiger partial charge in [-0.2, -0.15) is 0 Å². The van der Waals surface area contributed by atoms with Gasteiger partial charge in [-0.1, -0.05) is 48.0 Å². The summed E-state index contributed by atoms with van der Waals surface area (Å²) in [5, 5.41) is 12.6. The molecule has 0 fully saturated rings. The summed E-state index contributed by atoms with van der Waals surface area (Å²) in [5.41, 5.74) is 5.68. The monoisotopic (exact) mass is 532 g/mol. The van der Waals surface area contributed by atoms with E-state index in [1.54, 1.807) is 12.1 Å². The molecule has 2 N–H and O–H groups in total. The molecule has 3 aromatic carbocycles. The first-order valence-corrected chi connectivity index (χ1v) is 13.0. The summed E-state index contributed by atoms with van der Waals surface area (Å²) in [4.78, 5) is 33.8. The maximum atomic E-state index is 13.2. The summed E-state index contributed by atoms with van der Waals surface area (Å²) in [5.74, 6) is -1.64. The van der Waals surface area contributed by atoms with Crippen LogP contribution >= 0.6 is 11.6 Å². The molecule has 1 aliphatic heterocycles. The second kappa shape index (κ2) is 12.3. The lowest BCUT2D eigenvalue weighted by Gasteiger charge is -2.19. The van der Waals surface area contributed by atoms with E-state index in [1.165, 1.54) is 5.56 Å². The lowest BCUT2D eigenvalue weighted by atomic mass is 9.89. The molecule has 0 bridgehead atoms. The number of amides is 1. The van der Waals surface area contributed by atoms with Crippen LogP contribution in [0.4, 0.5) is 11.4 Å². The van der Waals surface area contributed by atoms with Gasteiger partial charge in [-0.05, 0) is 80.1 Å². The quantitative estimate of drug-likeness (QED) is 0.331. The van der Waals surface area contributed by atoms with Crippen LogP contribution in [0.3, 0.4) is 0 Å². The summed E-state index contributed by atoms with van der Waals surface area (Å²) < 4.78 is 0. The second-order valence-electron chi connectivity index (χ2n) is 9.95. The number of fused-ring (bicyclic) bond motifs is 1. The predicted octanol–water partition coefficient (Wildman–Crippen LogP) is 5.21. The van der Waals surface area contributed by atoms with Crippen molar-refractivity contribution in [3.63, 3.8) is 0 Å². The Morgan fingerprint density at radius 2 is 1.76 bits per heavy atom. The largest absolute Gasteiger partial charge is 0.481 e. The Kier molecular flexibility index (Phi) is 8.94. The second-order valence-corrected chi connectivity index (χ2v) is 10.4. The number of halogens is 1. The Balaban J connectivity index is 1.68. The van der Waals surface area contributed by atoms with Crippen LogP contribution in [-0.4, -0.2) is 66.7 Å². The molecule has 0 spiro atoms. The predicted molar refractivity (Wildman–Crippen MR) is 153 cm³/mol. The zero-order valence-electron chi connectivity index (χ0n) is 21.9. The number of carboxylic acid groups (broad SMARTS) is 1. The van der Waals surface area contributed by atoms with Gasteiger partial charge in [0.1, 0.15) is 5.92 Å². The number of rotatable bonds is 11. The highest BCUT2D eigenvalue weighted by molar-refractivity contribution is 6.31. The molecule has 1 heterocycles. The van der Waals surface area contributed by atoms with Gasteiger partial charge in [-0.25, -0.2) is 0 Å². The summed E-state index contributed by atoms with van der Waals surface area (Å²) in [6, 6.07) is 21.1. The zero-order valence-corrected chi connectivity index (χ0v) is 22.7. The fraction of sp³-hybridized carbons (Fsp3) is 0.300. The third-order valence-electron chi connectivity index (χ3n) is 6.54. The van der Waals surface area contributed by atoms with Crippen LogP contribution in [0.25, 0.3) is 0 Å². The van der Waals surface area contributed by atoms with Gasteiger partial charge >= 0.3 is 5.97 Å². The number of nitrogens with zero attached hydrogens (tertiary/aromatic N) is 3. The highest BCUT2D eigenvalue weighted by Gasteiger charge is 2.35. The Bertz CT molecular complexity index is 1340. The Labute approximate surface area is 228 Å². The summed E-state index contributed by atoms with van der Waals surface area (Å²) in [7, 11) is 6.24. The third-order valence-corrected chi connectivity index (χ3v) is 6.77. The van der Waals surface area contributed by atoms with Gasteiger partial charge in [0, 0.05) is 36.8 Å². The summed E-state index contributed by atoms with van der Waals surface area (Å²) in [6.45, 7) is 2.79. The molecule has 0 saturated heterocycles. The molecule has 38 heavy (non-hydrogen) atoms. The molecule has 1 amide bonds. The molecule has 0 saturated carbocycles. The van der Waals surface area contributed by atoms with Gasteiger partial charge in [0.05, 0.1) is 11.4 Å². The van der Waals surface area contributed by atoms with E-state index >= 15 is 0 Å². The number of hydrogen-bond donors (Lipinski definition) is 2. The highest BCUT2D eigenvalue weighted by atomic mass is 35.5. The van der Waals surface area contributed by atoms with Crippen molar-refractivity contribution in [2.45, 2.75) is 25.3 Å². The first-order chi connectivity index (χ1) is 18.2. The van der Waals surface area contributed by atoms with E-state index in [4.69, 9.17) is 21.7 Å². The lowest BCUT2D eigenvalue weighted by molar-refractivity contribution is -0.137. The normalized spacial score (nSPS) is 15.2. The molecule has 198 valence electrons. The number of carbonyl (C=O) groups is 2. The Morgan fingerprint density at radius 1 is 1.00 bits per heavy atom. The number of aliphatic carboxylic acids is 1. The molecule has 1 aliphatic rings. The number of likely N-dealkylation sites (N-methyl/N-ethyl adjacent to an activating group) is 2. The van der Waals surface area contributed by atoms with E-state index in [2.05, 4.69) is 48.4 Å². The Hall–Kier alpha value is -3.52. The van der Waals surface area contributed by atoms with Gasteiger partial charge in [0.15, 0.2) is 0 Å². The third kappa shape index (κ3) is 7.07. The molecule has 7 nitrogen and oxygen atoms in total. The SMILES string of the molecule is CN(C)CCN(C)Cc1ccc(N=C(c2cccc(CCC(=O)O)c2)C2C(=O)Nc3cc(Cl)ccc32)cc1. The van der Waals surface area contributed by atoms with Crippen molar-refractivity contribution >= 4 is 40.6 Å². The van der Waals surface area contributed by atoms with E-state index in [1.807, 2.05) is 42.5 Å². The Morgan fingerprint density at radius 3 is 2.47 bits per heavy atom. The van der Waals surface area contributed by atoms with Crippen LogP contribution < -0.4 is 5.32 Å². The van der Waals surface area contributed by atoms with Crippen LogP contribution in [0.15, 0.2) is 71.7 Å². The van der Waals surface area contributed by atoms with Crippen molar-refractivity contribution in [1.82, 2.24) is 9.80 Å². The van der Waals surface area contributed by atoms with Crippen molar-refractivity contribution < 1.29 is 14.7 Å². The number of aryl methyl sites for hydroxylation is 1. The molecule has 0 aliphatic carbocycles. The van der Waals surface area contributed by atoms with Crippen LogP contribution in [0.2, 0.25) is 5.02 Å². The molecule has 3 aromatic rings. The summed E-state index contributed by atoms with van der Waals surface area (Å²) in [6.07, 6.45) is 0.432. The molecule has 0 aromatic heterocycles. The minimum Gasteiger partial charge on any atom is -0.481 e. The van der Waals surface area contributed by atoms with Crippen molar-refractivity contribution in [2.24, 2.45) is 4.99 Å². The zero-order chi connectivity index (χ0) is 27.2. The minimum atomic E-state index is -0.849. The van der Waals surface area contributed by atoms with Gasteiger partial charge in [0.25, 0.3) is 0 Å². The molecule has 0 radical (unpaired) electrons. The van der Waals surface area contributed by atoms with Crippen LogP contribution in [-0.2, 0) is 22.6 Å². The van der Waals surface area contributed by atoms with Gasteiger partial charge in [-0.3, -0.25) is 14.6 Å². The van der Waals surface area contributed by atoms with Crippen LogP contribution in [0.5, 0.6) is 0 Å². The number of aliphatic imine (C=N–C) groups is 1. The smallest absolute Gasteiger partial charge is 0.303 e. The highest BCUT2D eigenvalue weighted by Crippen LogP contribution is 2.38. The van der Waals surface area contributed by atoms with Crippen LogP contribution in [0.1, 0.15) is 34.6 Å². The average molecular weight is 533 g/mol. The van der Waals surface area contributed by atoms with Crippen LogP contribution in [0, 0.1) is 0 Å². The van der Waals surface area contributed by atoms with Crippen molar-refractivity contribution in [2.75, 3.05) is 39.5 Å². The summed E-state index contributed by atoms with van der Waals surface area (Å²) >= 11 is 6.18. The average Bonchev–Trinajstić information content (AvgIpc) is 3.20. The lowest BCUT2D eigenvalue weighted by Crippen LogP contribution is -2.28. The van der Waals surface area contributed by atoms with Gasteiger partial charge in [-0.15, -0.1) is 0 Å². The minimum absolute atomic E-state index is 0.0334. The van der Waals surface area contributed by atoms with E-state index < -0.39 is 11.9 Å². The maximum absolute atomic E-state index is 13.2. The number of carboxylic acids is 1. The first kappa shape index (κ1) is 27.5. The molecule has 4 rings (SSSR count). The van der Waals surface area contributed by atoms with E-state index in [0.717, 1.165) is 42.0 Å². The van der Waals surface area contributed by atoms with Crippen molar-refractivity contribution in [3.05, 3.63) is 94.0 Å². The van der Waals surface area contributed by atoms with E-state index in [-0.39, 0.29) is 12.3 Å². The number of nitrogens with one attached hydrogen (secondary N) is 1. The van der Waals surface area contributed by atoms with Gasteiger partial charge < -0.3 is 20.2 Å². The maximum Gasteiger partial charge on any atom is 0.303 e. The molecule has 1 unspecified atom stereocenters. The van der Waals surface area contributed by atoms with Crippen molar-refractivity contribution in [3.8, 4) is 0 Å². The number of benzene rings is 3. The standard InChI is InChI=1S/C30H33ClN4O3/c1-34(2)15-16-35(3)19-21-7-11-24(12-8-21)32-29(22-6-4-5-20(17-22)9-14-27(36)37)28-25-13-10-23(31)18-26(25)33-30(28)38/h4-8,10-13,17-18,28H,9,14-16,19H2,1-3H3,(H,33,38)(H,36,37). The van der Waals surface area contributed by atoms with Gasteiger partial charge in [0.2, 0.25) is 5.91 Å². The first-order valence-electron chi connectivity index (χ1n) is 12.6. The van der Waals surface area contributed by atoms with E-state index in [0.29, 0.717) is 22.8 Å². The fourth-order valence-electron chi connectivity index (χ4n) is 4.52. The van der Waals surface area contributed by atoms with Crippen molar-refractivity contribution in [1.29, 1.82) is 0 Å². The fourth-order valence-corrected chi connectivity index (χ4v) is 4.69. The topological polar surface area (TPSA) is 85.2 Å². The molecule has 1 atom stereocenters.